The summed E-state index contributed by atoms with van der Waals surface area (Å²) in [4.78, 5) is 14.6. The standard InChI is InChI=1S/C11H12ClN3O2/c12-8-3-2-7(6-14-8)11(4-1-5-11)9(13)15-10(16)17/h2-3,6H,1,4-5H2,(H2,13,15)(H,16,17). The van der Waals surface area contributed by atoms with Gasteiger partial charge < -0.3 is 5.11 Å². The average Bonchev–Trinajstić information content (AvgIpc) is 2.18. The van der Waals surface area contributed by atoms with Crippen LogP contribution in [0.2, 0.25) is 5.15 Å². The molecule has 0 spiro atoms. The largest absolute Gasteiger partial charge is 0.465 e. The molecule has 5 nitrogen and oxygen atoms in total. The van der Waals surface area contributed by atoms with Gasteiger partial charge in [0, 0.05) is 6.20 Å². The number of aromatic nitrogens is 1. The lowest BCUT2D eigenvalue weighted by Gasteiger charge is -2.41. The van der Waals surface area contributed by atoms with Crippen LogP contribution in [0.25, 0.3) is 0 Å². The molecule has 90 valence electrons. The van der Waals surface area contributed by atoms with Gasteiger partial charge >= 0.3 is 6.09 Å². The maximum atomic E-state index is 10.6. The summed E-state index contributed by atoms with van der Waals surface area (Å²) < 4.78 is 0. The molecule has 0 radical (unpaired) electrons. The van der Waals surface area contributed by atoms with Crippen LogP contribution in [0.5, 0.6) is 0 Å². The van der Waals surface area contributed by atoms with Crippen molar-refractivity contribution in [3.63, 3.8) is 0 Å². The Bertz CT molecular complexity index is 454. The fourth-order valence-electron chi connectivity index (χ4n) is 2.10. The minimum Gasteiger partial charge on any atom is -0.465 e. The molecule has 1 aliphatic carbocycles. The Morgan fingerprint density at radius 2 is 2.24 bits per heavy atom. The highest BCUT2D eigenvalue weighted by Crippen LogP contribution is 2.43. The van der Waals surface area contributed by atoms with Gasteiger partial charge in [0.2, 0.25) is 0 Å². The van der Waals surface area contributed by atoms with E-state index in [-0.39, 0.29) is 5.84 Å². The van der Waals surface area contributed by atoms with E-state index < -0.39 is 11.5 Å². The molecule has 0 saturated heterocycles. The lowest BCUT2D eigenvalue weighted by atomic mass is 9.64. The first-order valence-corrected chi connectivity index (χ1v) is 5.63. The molecule has 6 heteroatoms. The van der Waals surface area contributed by atoms with Crippen molar-refractivity contribution in [1.29, 1.82) is 5.41 Å². The van der Waals surface area contributed by atoms with Crippen molar-refractivity contribution in [3.05, 3.63) is 29.0 Å². The molecular formula is C11H12ClN3O2. The number of rotatable bonds is 2. The minimum absolute atomic E-state index is 0.0142. The van der Waals surface area contributed by atoms with Gasteiger partial charge in [-0.1, -0.05) is 24.1 Å². The summed E-state index contributed by atoms with van der Waals surface area (Å²) in [6.07, 6.45) is 2.90. The molecule has 0 atom stereocenters. The molecule has 2 rings (SSSR count). The van der Waals surface area contributed by atoms with E-state index in [2.05, 4.69) is 10.3 Å². The van der Waals surface area contributed by atoms with Gasteiger partial charge in [0.15, 0.2) is 0 Å². The van der Waals surface area contributed by atoms with Gasteiger partial charge in [0.05, 0.1) is 5.41 Å². The highest BCUT2D eigenvalue weighted by atomic mass is 35.5. The molecule has 3 N–H and O–H groups in total. The van der Waals surface area contributed by atoms with Crippen LogP contribution in [0.1, 0.15) is 24.8 Å². The second-order valence-electron chi connectivity index (χ2n) is 4.11. The molecule has 0 aromatic carbocycles. The average molecular weight is 254 g/mol. The summed E-state index contributed by atoms with van der Waals surface area (Å²) >= 11 is 5.71. The normalized spacial score (nSPS) is 17.0. The maximum absolute atomic E-state index is 10.6. The number of nitrogens with zero attached hydrogens (tertiary/aromatic N) is 1. The second kappa shape index (κ2) is 4.33. The van der Waals surface area contributed by atoms with Gasteiger partial charge in [0.1, 0.15) is 11.0 Å². The summed E-state index contributed by atoms with van der Waals surface area (Å²) in [5.41, 5.74) is 0.308. The zero-order chi connectivity index (χ0) is 12.5. The molecule has 1 amide bonds. The maximum Gasteiger partial charge on any atom is 0.410 e. The molecule has 0 bridgehead atoms. The number of pyridine rings is 1. The molecule has 17 heavy (non-hydrogen) atoms. The van der Waals surface area contributed by atoms with E-state index in [1.807, 2.05) is 0 Å². The molecule has 0 unspecified atom stereocenters. The third-order valence-corrected chi connectivity index (χ3v) is 3.42. The van der Waals surface area contributed by atoms with Gasteiger partial charge in [0.25, 0.3) is 0 Å². The SMILES string of the molecule is N=C(NC(=O)O)C1(c2ccc(Cl)nc2)CCC1. The van der Waals surface area contributed by atoms with Crippen molar-refractivity contribution in [2.75, 3.05) is 0 Å². The first kappa shape index (κ1) is 11.9. The number of hydrogen-bond donors (Lipinski definition) is 3. The van der Waals surface area contributed by atoms with Crippen LogP contribution in [0.15, 0.2) is 18.3 Å². The first-order valence-electron chi connectivity index (χ1n) is 5.25. The van der Waals surface area contributed by atoms with Crippen molar-refractivity contribution in [2.24, 2.45) is 0 Å². The van der Waals surface area contributed by atoms with E-state index in [1.54, 1.807) is 18.3 Å². The first-order chi connectivity index (χ1) is 8.04. The van der Waals surface area contributed by atoms with Crippen molar-refractivity contribution in [3.8, 4) is 0 Å². The van der Waals surface area contributed by atoms with Crippen molar-refractivity contribution in [1.82, 2.24) is 10.3 Å². The monoisotopic (exact) mass is 253 g/mol. The zero-order valence-corrected chi connectivity index (χ0v) is 9.79. The molecule has 1 fully saturated rings. The molecule has 1 heterocycles. The van der Waals surface area contributed by atoms with E-state index in [1.165, 1.54) is 0 Å². The lowest BCUT2D eigenvalue weighted by molar-refractivity contribution is 0.198. The van der Waals surface area contributed by atoms with Crippen LogP contribution < -0.4 is 5.32 Å². The fraction of sp³-hybridized carbons (Fsp3) is 0.364. The van der Waals surface area contributed by atoms with Gasteiger partial charge in [-0.05, 0) is 24.5 Å². The third-order valence-electron chi connectivity index (χ3n) is 3.20. The number of carbonyl (C=O) groups is 1. The fourth-order valence-corrected chi connectivity index (χ4v) is 2.21. The Balaban J connectivity index is 2.28. The van der Waals surface area contributed by atoms with Gasteiger partial charge in [-0.15, -0.1) is 0 Å². The van der Waals surface area contributed by atoms with Crippen LogP contribution in [0.4, 0.5) is 4.79 Å². The van der Waals surface area contributed by atoms with Crippen LogP contribution in [-0.2, 0) is 5.41 Å². The van der Waals surface area contributed by atoms with E-state index >= 15 is 0 Å². The second-order valence-corrected chi connectivity index (χ2v) is 4.50. The summed E-state index contributed by atoms with van der Waals surface area (Å²) in [7, 11) is 0. The van der Waals surface area contributed by atoms with Crippen molar-refractivity contribution < 1.29 is 9.90 Å². The van der Waals surface area contributed by atoms with Gasteiger partial charge in [-0.3, -0.25) is 10.7 Å². The smallest absolute Gasteiger partial charge is 0.410 e. The van der Waals surface area contributed by atoms with Crippen LogP contribution in [0.3, 0.4) is 0 Å². The molecule has 1 aromatic heterocycles. The Labute approximate surface area is 103 Å². The highest BCUT2D eigenvalue weighted by Gasteiger charge is 2.43. The van der Waals surface area contributed by atoms with Crippen molar-refractivity contribution in [2.45, 2.75) is 24.7 Å². The predicted octanol–water partition coefficient (Wildman–Crippen LogP) is 2.40. The topological polar surface area (TPSA) is 86.1 Å². The van der Waals surface area contributed by atoms with E-state index in [9.17, 15) is 4.79 Å². The summed E-state index contributed by atoms with van der Waals surface area (Å²) in [6, 6.07) is 3.46. The third kappa shape index (κ3) is 2.10. The predicted molar refractivity (Wildman–Crippen MR) is 63.7 cm³/mol. The molecule has 0 aliphatic heterocycles. The van der Waals surface area contributed by atoms with E-state index in [0.717, 1.165) is 24.8 Å². The molecule has 1 aliphatic rings. The summed E-state index contributed by atoms with van der Waals surface area (Å²) in [5.74, 6) is 0.0142. The van der Waals surface area contributed by atoms with Crippen LogP contribution in [0, 0.1) is 5.41 Å². The molecule has 1 aromatic rings. The number of nitrogens with one attached hydrogen (secondary N) is 2. The summed E-state index contributed by atoms with van der Waals surface area (Å²) in [6.45, 7) is 0. The number of hydrogen-bond acceptors (Lipinski definition) is 3. The quantitative estimate of drug-likeness (QED) is 0.430. The van der Waals surface area contributed by atoms with Gasteiger partial charge in [-0.2, -0.15) is 0 Å². The van der Waals surface area contributed by atoms with Crippen molar-refractivity contribution >= 4 is 23.5 Å². The van der Waals surface area contributed by atoms with E-state index in [0.29, 0.717) is 5.15 Å². The lowest BCUT2D eigenvalue weighted by Crippen LogP contribution is -2.50. The summed E-state index contributed by atoms with van der Waals surface area (Å²) in [5, 5.41) is 19.1. The minimum atomic E-state index is -1.21. The number of halogens is 1. The Morgan fingerprint density at radius 3 is 2.65 bits per heavy atom. The zero-order valence-electron chi connectivity index (χ0n) is 9.03. The Kier molecular flexibility index (Phi) is 3.02. The Hall–Kier alpha value is -1.62. The molecular weight excluding hydrogens is 242 g/mol. The highest BCUT2D eigenvalue weighted by molar-refractivity contribution is 6.29. The Morgan fingerprint density at radius 1 is 1.53 bits per heavy atom. The number of amidine groups is 1. The number of carboxylic acid groups (broad SMARTS) is 1. The van der Waals surface area contributed by atoms with Gasteiger partial charge in [-0.25, -0.2) is 9.78 Å². The van der Waals surface area contributed by atoms with Crippen LogP contribution in [-0.4, -0.2) is 22.0 Å². The number of amides is 1. The van der Waals surface area contributed by atoms with E-state index in [4.69, 9.17) is 22.1 Å². The molecule has 1 saturated carbocycles. The van der Waals surface area contributed by atoms with Crippen LogP contribution >= 0.6 is 11.6 Å².